The van der Waals surface area contributed by atoms with Gasteiger partial charge in [-0.05, 0) is 30.5 Å². The van der Waals surface area contributed by atoms with E-state index in [4.69, 9.17) is 5.73 Å². The molecule has 0 fully saturated rings. The molecule has 1 aliphatic rings. The molecule has 3 N–H and O–H groups in total. The molecule has 0 saturated heterocycles. The first-order chi connectivity index (χ1) is 11.5. The summed E-state index contributed by atoms with van der Waals surface area (Å²) in [5.41, 5.74) is 8.19. The lowest BCUT2D eigenvalue weighted by atomic mass is 9.81. The van der Waals surface area contributed by atoms with E-state index in [1.807, 2.05) is 12.1 Å². The molecule has 2 amide bonds. The molecule has 0 bridgehead atoms. The zero-order chi connectivity index (χ0) is 17.3. The summed E-state index contributed by atoms with van der Waals surface area (Å²) in [5, 5.41) is 2.81. The summed E-state index contributed by atoms with van der Waals surface area (Å²) in [6.07, 6.45) is 0.797. The van der Waals surface area contributed by atoms with E-state index in [0.717, 1.165) is 5.56 Å². The first-order valence-electron chi connectivity index (χ1n) is 7.81. The molecule has 122 valence electrons. The van der Waals surface area contributed by atoms with Crippen LogP contribution >= 0.6 is 0 Å². The number of benzene rings is 2. The number of carbonyl (C=O) groups excluding carboxylic acids is 3. The quantitative estimate of drug-likeness (QED) is 0.910. The molecule has 5 nitrogen and oxygen atoms in total. The van der Waals surface area contributed by atoms with Gasteiger partial charge in [0.15, 0.2) is 5.78 Å². The van der Waals surface area contributed by atoms with E-state index < -0.39 is 11.8 Å². The third-order valence-electron chi connectivity index (χ3n) is 4.39. The molecule has 2 aromatic rings. The fraction of sp³-hybridized carbons (Fsp3) is 0.211. The van der Waals surface area contributed by atoms with Crippen molar-refractivity contribution in [2.75, 3.05) is 5.32 Å². The second-order valence-electron chi connectivity index (χ2n) is 5.95. The number of rotatable bonds is 3. The van der Waals surface area contributed by atoms with Crippen LogP contribution in [0.2, 0.25) is 0 Å². The van der Waals surface area contributed by atoms with Gasteiger partial charge in [-0.1, -0.05) is 36.4 Å². The van der Waals surface area contributed by atoms with Gasteiger partial charge >= 0.3 is 0 Å². The first kappa shape index (κ1) is 15.9. The normalized spacial score (nSPS) is 16.4. The van der Waals surface area contributed by atoms with Crippen molar-refractivity contribution in [2.24, 2.45) is 5.73 Å². The molecule has 5 heteroatoms. The van der Waals surface area contributed by atoms with Crippen LogP contribution in [0.4, 0.5) is 5.69 Å². The minimum absolute atomic E-state index is 0.0584. The average molecular weight is 322 g/mol. The molecule has 3 rings (SSSR count). The molecule has 24 heavy (non-hydrogen) atoms. The maximum absolute atomic E-state index is 12.7. The van der Waals surface area contributed by atoms with Crippen LogP contribution in [0, 0.1) is 6.92 Å². The summed E-state index contributed by atoms with van der Waals surface area (Å²) in [4.78, 5) is 36.4. The average Bonchev–Trinajstić information content (AvgIpc) is 2.55. The van der Waals surface area contributed by atoms with Gasteiger partial charge in [-0.3, -0.25) is 14.4 Å². The van der Waals surface area contributed by atoms with Crippen LogP contribution in [0.1, 0.15) is 50.6 Å². The number of nitrogens with one attached hydrogen (secondary N) is 1. The molecule has 1 atom stereocenters. The number of hydrogen-bond donors (Lipinski definition) is 2. The minimum Gasteiger partial charge on any atom is -0.366 e. The number of nitrogens with two attached hydrogens (primary N) is 1. The molecular weight excluding hydrogens is 304 g/mol. The third-order valence-corrected chi connectivity index (χ3v) is 4.39. The predicted octanol–water partition coefficient (Wildman–Crippen LogP) is 2.79. The number of primary amides is 1. The van der Waals surface area contributed by atoms with Gasteiger partial charge < -0.3 is 11.1 Å². The van der Waals surface area contributed by atoms with Gasteiger partial charge in [0.1, 0.15) is 0 Å². The van der Waals surface area contributed by atoms with Crippen LogP contribution in [0.15, 0.2) is 42.5 Å². The van der Waals surface area contributed by atoms with Crippen molar-refractivity contribution in [3.05, 3.63) is 64.7 Å². The lowest BCUT2D eigenvalue weighted by Crippen LogP contribution is -2.28. The van der Waals surface area contributed by atoms with E-state index in [1.165, 1.54) is 0 Å². The van der Waals surface area contributed by atoms with Crippen molar-refractivity contribution in [1.82, 2.24) is 0 Å². The Balaban J connectivity index is 1.92. The van der Waals surface area contributed by atoms with Gasteiger partial charge in [0.05, 0.1) is 17.2 Å². The number of fused-ring (bicyclic) bond motifs is 1. The summed E-state index contributed by atoms with van der Waals surface area (Å²) in [6.45, 7) is 1.77. The summed E-state index contributed by atoms with van der Waals surface area (Å²) < 4.78 is 0. The SMILES string of the molecule is Cc1cccc(NC(=O)[C@@H]2CCC(=O)c3ccccc32)c1C(N)=O. The van der Waals surface area contributed by atoms with Gasteiger partial charge in [0.25, 0.3) is 5.91 Å². The van der Waals surface area contributed by atoms with Crippen molar-refractivity contribution >= 4 is 23.3 Å². The highest BCUT2D eigenvalue weighted by molar-refractivity contribution is 6.07. The molecule has 0 radical (unpaired) electrons. The molecular formula is C19H18N2O3. The first-order valence-corrected chi connectivity index (χ1v) is 7.81. The lowest BCUT2D eigenvalue weighted by molar-refractivity contribution is -0.117. The minimum atomic E-state index is -0.581. The Kier molecular flexibility index (Phi) is 4.16. The van der Waals surface area contributed by atoms with Crippen LogP contribution in [0.25, 0.3) is 0 Å². The highest BCUT2D eigenvalue weighted by atomic mass is 16.2. The molecule has 0 aromatic heterocycles. The predicted molar refractivity (Wildman–Crippen MR) is 91.1 cm³/mol. The second kappa shape index (κ2) is 6.28. The van der Waals surface area contributed by atoms with Crippen molar-refractivity contribution in [3.63, 3.8) is 0 Å². The van der Waals surface area contributed by atoms with Gasteiger partial charge in [0.2, 0.25) is 5.91 Å². The monoisotopic (exact) mass is 322 g/mol. The lowest BCUT2D eigenvalue weighted by Gasteiger charge is -2.24. The molecule has 0 aliphatic heterocycles. The number of carbonyl (C=O) groups is 3. The topological polar surface area (TPSA) is 89.3 Å². The summed E-state index contributed by atoms with van der Waals surface area (Å²) >= 11 is 0. The Morgan fingerprint density at radius 3 is 2.62 bits per heavy atom. The molecule has 0 spiro atoms. The maximum Gasteiger partial charge on any atom is 0.251 e. The Morgan fingerprint density at radius 2 is 1.88 bits per heavy atom. The molecule has 0 saturated carbocycles. The number of hydrogen-bond acceptors (Lipinski definition) is 3. The summed E-state index contributed by atoms with van der Waals surface area (Å²) in [5.74, 6) is -1.17. The zero-order valence-electron chi connectivity index (χ0n) is 13.3. The number of Topliss-reactive ketones (excluding diaryl/α,β-unsaturated/α-hetero) is 1. The Hall–Kier alpha value is -2.95. The Labute approximate surface area is 139 Å². The van der Waals surface area contributed by atoms with E-state index >= 15 is 0 Å². The molecule has 0 unspecified atom stereocenters. The number of aryl methyl sites for hydroxylation is 1. The Bertz CT molecular complexity index is 842. The maximum atomic E-state index is 12.7. The van der Waals surface area contributed by atoms with E-state index in [2.05, 4.69) is 5.32 Å². The smallest absolute Gasteiger partial charge is 0.251 e. The van der Waals surface area contributed by atoms with Crippen molar-refractivity contribution in [2.45, 2.75) is 25.7 Å². The van der Waals surface area contributed by atoms with E-state index in [9.17, 15) is 14.4 Å². The van der Waals surface area contributed by atoms with E-state index in [-0.39, 0.29) is 11.7 Å². The number of anilines is 1. The van der Waals surface area contributed by atoms with Crippen LogP contribution < -0.4 is 11.1 Å². The van der Waals surface area contributed by atoms with Crippen LogP contribution in [-0.4, -0.2) is 17.6 Å². The van der Waals surface area contributed by atoms with Crippen LogP contribution in [0.5, 0.6) is 0 Å². The number of ketones is 1. The molecule has 1 aliphatic carbocycles. The molecule has 2 aromatic carbocycles. The third kappa shape index (κ3) is 2.80. The Morgan fingerprint density at radius 1 is 1.12 bits per heavy atom. The summed E-state index contributed by atoms with van der Waals surface area (Å²) in [6, 6.07) is 12.4. The van der Waals surface area contributed by atoms with Gasteiger partial charge in [-0.25, -0.2) is 0 Å². The van der Waals surface area contributed by atoms with Crippen molar-refractivity contribution in [3.8, 4) is 0 Å². The van der Waals surface area contributed by atoms with Gasteiger partial charge in [-0.2, -0.15) is 0 Å². The van der Waals surface area contributed by atoms with E-state index in [0.29, 0.717) is 35.2 Å². The van der Waals surface area contributed by atoms with Crippen LogP contribution in [-0.2, 0) is 4.79 Å². The van der Waals surface area contributed by atoms with Crippen LogP contribution in [0.3, 0.4) is 0 Å². The highest BCUT2D eigenvalue weighted by Crippen LogP contribution is 2.33. The number of amides is 2. The zero-order valence-corrected chi connectivity index (χ0v) is 13.3. The molecule has 0 heterocycles. The summed E-state index contributed by atoms with van der Waals surface area (Å²) in [7, 11) is 0. The van der Waals surface area contributed by atoms with Crippen molar-refractivity contribution < 1.29 is 14.4 Å². The largest absolute Gasteiger partial charge is 0.366 e. The fourth-order valence-corrected chi connectivity index (χ4v) is 3.21. The van der Waals surface area contributed by atoms with Gasteiger partial charge in [-0.15, -0.1) is 0 Å². The van der Waals surface area contributed by atoms with Crippen molar-refractivity contribution in [1.29, 1.82) is 0 Å². The highest BCUT2D eigenvalue weighted by Gasteiger charge is 2.30. The van der Waals surface area contributed by atoms with Gasteiger partial charge in [0, 0.05) is 12.0 Å². The van der Waals surface area contributed by atoms with E-state index in [1.54, 1.807) is 37.3 Å². The fourth-order valence-electron chi connectivity index (χ4n) is 3.21. The standard InChI is InChI=1S/C19H18N2O3/c1-11-5-4-8-15(17(11)18(20)23)21-19(24)14-9-10-16(22)13-7-3-2-6-12(13)14/h2-8,14H,9-10H2,1H3,(H2,20,23)(H,21,24)/t14-/m1/s1. The second-order valence-corrected chi connectivity index (χ2v) is 5.95.